The molecule has 8 nitrogen and oxygen atoms in total. The van der Waals surface area contributed by atoms with Crippen molar-refractivity contribution in [3.8, 4) is 5.75 Å². The molecule has 1 aromatic carbocycles. The topological polar surface area (TPSA) is 77.3 Å². The smallest absolute Gasteiger partial charge is 0.251 e. The molecule has 4 heterocycles. The maximum Gasteiger partial charge on any atom is 0.251 e. The summed E-state index contributed by atoms with van der Waals surface area (Å²) in [6.07, 6.45) is 4.94. The first-order valence-electron chi connectivity index (χ1n) is 11.6. The van der Waals surface area contributed by atoms with Crippen LogP contribution >= 0.6 is 0 Å². The van der Waals surface area contributed by atoms with Gasteiger partial charge >= 0.3 is 0 Å². The van der Waals surface area contributed by atoms with Gasteiger partial charge in [-0.25, -0.2) is 4.98 Å². The molecule has 2 fully saturated rings. The molecule has 2 aromatic heterocycles. The van der Waals surface area contributed by atoms with E-state index in [1.165, 1.54) is 0 Å². The molecule has 1 amide bonds. The standard InChI is InChI=1S/C25H30N4O4/c30-25(26-15-23(20-7-11-32-17-20)28-9-12-31-13-10-28)19-4-3-5-22(14-19)33-18-21-16-29-8-2-1-6-24(29)27-21/h1-6,8,14,16,20,23H,7,9-13,15,17-18H2,(H,26,30). The molecule has 2 aliphatic heterocycles. The maximum atomic E-state index is 12.9. The molecule has 0 radical (unpaired) electrons. The third-order valence-corrected chi connectivity index (χ3v) is 6.39. The number of amides is 1. The normalized spacial score (nSPS) is 20.1. The number of carbonyl (C=O) groups excluding carboxylic acids is 1. The van der Waals surface area contributed by atoms with Gasteiger partial charge in [0.05, 0.1) is 25.5 Å². The van der Waals surface area contributed by atoms with E-state index in [1.807, 2.05) is 53.2 Å². The number of ether oxygens (including phenoxy) is 3. The Kier molecular flexibility index (Phi) is 6.85. The summed E-state index contributed by atoms with van der Waals surface area (Å²) >= 11 is 0. The third-order valence-electron chi connectivity index (χ3n) is 6.39. The van der Waals surface area contributed by atoms with E-state index in [4.69, 9.17) is 14.2 Å². The second-order valence-corrected chi connectivity index (χ2v) is 8.56. The maximum absolute atomic E-state index is 12.9. The lowest BCUT2D eigenvalue weighted by Crippen LogP contribution is -2.52. The van der Waals surface area contributed by atoms with Crippen molar-refractivity contribution in [2.75, 3.05) is 46.1 Å². The van der Waals surface area contributed by atoms with Gasteiger partial charge in [-0.15, -0.1) is 0 Å². The highest BCUT2D eigenvalue weighted by Crippen LogP contribution is 2.22. The van der Waals surface area contributed by atoms with E-state index in [9.17, 15) is 4.79 Å². The predicted octanol–water partition coefficient (Wildman–Crippen LogP) is 2.38. The zero-order chi connectivity index (χ0) is 22.5. The van der Waals surface area contributed by atoms with Gasteiger partial charge in [-0.2, -0.15) is 0 Å². The number of carbonyl (C=O) groups is 1. The third kappa shape index (κ3) is 5.35. The molecule has 0 saturated carbocycles. The van der Waals surface area contributed by atoms with Gasteiger partial charge in [-0.1, -0.05) is 12.1 Å². The first kappa shape index (κ1) is 21.9. The summed E-state index contributed by atoms with van der Waals surface area (Å²) in [4.78, 5) is 19.9. The summed E-state index contributed by atoms with van der Waals surface area (Å²) in [7, 11) is 0. The fourth-order valence-electron chi connectivity index (χ4n) is 4.60. The van der Waals surface area contributed by atoms with Crippen LogP contribution in [0.2, 0.25) is 0 Å². The van der Waals surface area contributed by atoms with Crippen molar-refractivity contribution in [2.45, 2.75) is 19.1 Å². The van der Waals surface area contributed by atoms with Crippen LogP contribution < -0.4 is 10.1 Å². The number of hydrogen-bond acceptors (Lipinski definition) is 6. The average molecular weight is 451 g/mol. The van der Waals surface area contributed by atoms with E-state index in [0.29, 0.717) is 30.4 Å². The molecule has 33 heavy (non-hydrogen) atoms. The number of hydrogen-bond donors (Lipinski definition) is 1. The van der Waals surface area contributed by atoms with E-state index in [-0.39, 0.29) is 11.9 Å². The molecule has 2 unspecified atom stereocenters. The molecule has 2 saturated heterocycles. The summed E-state index contributed by atoms with van der Waals surface area (Å²) < 4.78 is 19.0. The highest BCUT2D eigenvalue weighted by atomic mass is 16.5. The molecule has 3 aromatic rings. The quantitative estimate of drug-likeness (QED) is 0.568. The summed E-state index contributed by atoms with van der Waals surface area (Å²) in [6.45, 7) is 5.75. The second kappa shape index (κ2) is 10.3. The van der Waals surface area contributed by atoms with Crippen LogP contribution in [-0.2, 0) is 16.1 Å². The Hall–Kier alpha value is -2.94. The molecular formula is C25H30N4O4. The van der Waals surface area contributed by atoms with Crippen LogP contribution in [0.15, 0.2) is 54.9 Å². The van der Waals surface area contributed by atoms with E-state index in [0.717, 1.165) is 57.3 Å². The van der Waals surface area contributed by atoms with Crippen molar-refractivity contribution >= 4 is 11.6 Å². The van der Waals surface area contributed by atoms with Gasteiger partial charge in [-0.3, -0.25) is 9.69 Å². The lowest BCUT2D eigenvalue weighted by atomic mass is 9.96. The molecule has 1 N–H and O–H groups in total. The highest BCUT2D eigenvalue weighted by molar-refractivity contribution is 5.94. The number of pyridine rings is 1. The lowest BCUT2D eigenvalue weighted by molar-refractivity contribution is 0.00166. The first-order valence-corrected chi connectivity index (χ1v) is 11.6. The van der Waals surface area contributed by atoms with Gasteiger partial charge in [0.25, 0.3) is 5.91 Å². The van der Waals surface area contributed by atoms with Gasteiger partial charge in [0, 0.05) is 56.2 Å². The van der Waals surface area contributed by atoms with Crippen LogP contribution in [0.3, 0.4) is 0 Å². The molecule has 8 heteroatoms. The fraction of sp³-hybridized carbons (Fsp3) is 0.440. The molecule has 2 atom stereocenters. The number of morpholine rings is 1. The number of aromatic nitrogens is 2. The van der Waals surface area contributed by atoms with Crippen molar-refractivity contribution in [2.24, 2.45) is 5.92 Å². The first-order chi connectivity index (χ1) is 16.3. The number of imidazole rings is 1. The summed E-state index contributed by atoms with van der Waals surface area (Å²) in [5.41, 5.74) is 2.31. The van der Waals surface area contributed by atoms with Crippen molar-refractivity contribution in [3.63, 3.8) is 0 Å². The molecule has 0 aliphatic carbocycles. The summed E-state index contributed by atoms with van der Waals surface area (Å²) in [6, 6.07) is 13.4. The van der Waals surface area contributed by atoms with Crippen LogP contribution in [-0.4, -0.2) is 72.3 Å². The molecule has 0 spiro atoms. The van der Waals surface area contributed by atoms with E-state index >= 15 is 0 Å². The van der Waals surface area contributed by atoms with Crippen LogP contribution in [0.4, 0.5) is 0 Å². The highest BCUT2D eigenvalue weighted by Gasteiger charge is 2.31. The predicted molar refractivity (Wildman–Crippen MR) is 123 cm³/mol. The molecule has 5 rings (SSSR count). The Bertz CT molecular complexity index is 1040. The number of nitrogens with zero attached hydrogens (tertiary/aromatic N) is 3. The van der Waals surface area contributed by atoms with E-state index in [2.05, 4.69) is 15.2 Å². The Morgan fingerprint density at radius 1 is 1.15 bits per heavy atom. The minimum atomic E-state index is -0.0923. The monoisotopic (exact) mass is 450 g/mol. The molecule has 0 bridgehead atoms. The SMILES string of the molecule is O=C(NCC(C1CCOC1)N1CCOCC1)c1cccc(OCc2cn3ccccc3n2)c1. The Balaban J connectivity index is 1.19. The molecule has 2 aliphatic rings. The van der Waals surface area contributed by atoms with Gasteiger partial charge in [0.15, 0.2) is 0 Å². The minimum absolute atomic E-state index is 0.0923. The van der Waals surface area contributed by atoms with Gasteiger partial charge in [-0.05, 0) is 36.8 Å². The largest absolute Gasteiger partial charge is 0.487 e. The Morgan fingerprint density at radius 3 is 2.88 bits per heavy atom. The van der Waals surface area contributed by atoms with Crippen molar-refractivity contribution in [1.82, 2.24) is 19.6 Å². The Labute approximate surface area is 193 Å². The van der Waals surface area contributed by atoms with E-state index in [1.54, 1.807) is 6.07 Å². The summed E-state index contributed by atoms with van der Waals surface area (Å²) in [5, 5.41) is 3.14. The van der Waals surface area contributed by atoms with Gasteiger partial charge in [0.1, 0.15) is 18.0 Å². The number of nitrogens with one attached hydrogen (secondary N) is 1. The second-order valence-electron chi connectivity index (χ2n) is 8.56. The van der Waals surface area contributed by atoms with Crippen LogP contribution in [0, 0.1) is 5.92 Å². The van der Waals surface area contributed by atoms with Gasteiger partial charge in [0.2, 0.25) is 0 Å². The summed E-state index contributed by atoms with van der Waals surface area (Å²) in [5.74, 6) is 0.988. The Morgan fingerprint density at radius 2 is 2.06 bits per heavy atom. The average Bonchev–Trinajstić information content (AvgIpc) is 3.54. The number of fused-ring (bicyclic) bond motifs is 1. The number of benzene rings is 1. The number of rotatable bonds is 8. The van der Waals surface area contributed by atoms with Crippen molar-refractivity contribution in [3.05, 3.63) is 66.1 Å². The zero-order valence-corrected chi connectivity index (χ0v) is 18.7. The minimum Gasteiger partial charge on any atom is -0.487 e. The molecular weight excluding hydrogens is 420 g/mol. The van der Waals surface area contributed by atoms with E-state index < -0.39 is 0 Å². The van der Waals surface area contributed by atoms with Crippen molar-refractivity contribution < 1.29 is 19.0 Å². The molecule has 174 valence electrons. The fourth-order valence-corrected chi connectivity index (χ4v) is 4.60. The zero-order valence-electron chi connectivity index (χ0n) is 18.7. The van der Waals surface area contributed by atoms with Crippen LogP contribution in [0.25, 0.3) is 5.65 Å². The van der Waals surface area contributed by atoms with Gasteiger partial charge < -0.3 is 23.9 Å². The van der Waals surface area contributed by atoms with Crippen molar-refractivity contribution in [1.29, 1.82) is 0 Å². The van der Waals surface area contributed by atoms with Crippen LogP contribution in [0.5, 0.6) is 5.75 Å². The van der Waals surface area contributed by atoms with Crippen LogP contribution in [0.1, 0.15) is 22.5 Å². The lowest BCUT2D eigenvalue weighted by Gasteiger charge is -2.37.